The Kier molecular flexibility index (Phi) is 15.8. The predicted molar refractivity (Wildman–Crippen MR) is 63.4 cm³/mol. The fourth-order valence-corrected chi connectivity index (χ4v) is 0.773. The number of hydrogen-bond donors (Lipinski definition) is 0. The quantitative estimate of drug-likeness (QED) is 0.351. The maximum Gasteiger partial charge on any atom is 2.00 e. The summed E-state index contributed by atoms with van der Waals surface area (Å²) in [5.41, 5.74) is -0.339. The Morgan fingerprint density at radius 1 is 1.06 bits per heavy atom. The average Bonchev–Trinajstić information content (AvgIpc) is 2.19. The van der Waals surface area contributed by atoms with Gasteiger partial charge < -0.3 is 25.3 Å². The molecule has 17 heavy (non-hydrogen) atoms. The number of hydrogen-bond acceptors (Lipinski definition) is 5. The second kappa shape index (κ2) is 12.2. The van der Waals surface area contributed by atoms with Crippen molar-refractivity contribution in [3.63, 3.8) is 0 Å². The Morgan fingerprint density at radius 3 is 1.59 bits per heavy atom. The molecule has 0 bridgehead atoms. The van der Waals surface area contributed by atoms with Crippen LogP contribution in [-0.4, -0.2) is 67.7 Å². The molecule has 0 aliphatic rings. The van der Waals surface area contributed by atoms with Crippen molar-refractivity contribution < 1.29 is 25.3 Å². The van der Waals surface area contributed by atoms with Gasteiger partial charge in [0.1, 0.15) is 0 Å². The van der Waals surface area contributed by atoms with E-state index in [1.807, 2.05) is 0 Å². The number of carbonyl (C=O) groups excluding carboxylic acids is 2. The molecule has 0 aliphatic carbocycles. The van der Waals surface area contributed by atoms with E-state index in [1.54, 1.807) is 0 Å². The molecule has 90 valence electrons. The molecular weight excluding hydrogens is 272 g/mol. The van der Waals surface area contributed by atoms with Gasteiger partial charge in [0.05, 0.1) is 24.5 Å². The predicted octanol–water partition coefficient (Wildman–Crippen LogP) is -2.08. The Labute approximate surface area is 134 Å². The normalized spacial score (nSPS) is 7.65. The molecule has 0 saturated heterocycles. The second-order valence-electron chi connectivity index (χ2n) is 2.60. The van der Waals surface area contributed by atoms with Crippen LogP contribution in [0.15, 0.2) is 24.3 Å². The van der Waals surface area contributed by atoms with Gasteiger partial charge in [0, 0.05) is 0 Å². The van der Waals surface area contributed by atoms with Gasteiger partial charge in [-0.05, 0) is 29.0 Å². The van der Waals surface area contributed by atoms with E-state index in [4.69, 9.17) is 0 Å². The summed E-state index contributed by atoms with van der Waals surface area (Å²) < 4.78 is 0. The number of rotatable bonds is 2. The molecular formula is C10H12CaO5S. The van der Waals surface area contributed by atoms with Crippen LogP contribution in [0.2, 0.25) is 0 Å². The molecule has 0 unspecified atom stereocenters. The van der Waals surface area contributed by atoms with Crippen molar-refractivity contribution in [1.82, 2.24) is 0 Å². The van der Waals surface area contributed by atoms with Gasteiger partial charge in [-0.25, -0.2) is 0 Å². The van der Waals surface area contributed by atoms with Gasteiger partial charge in [0.2, 0.25) is 0 Å². The standard InChI is InChI=1S/C8H6O4.C2H6S.Ca.H2O/c9-7(10)5-2-1-3-6(4-5)8(11)12;1-3-2;;/h1-4H,(H,9,10)(H,11,12);1-2H3;;1H2/q;;+2;/p-2. The van der Waals surface area contributed by atoms with Gasteiger partial charge in [-0.1, -0.05) is 18.2 Å². The molecule has 1 aromatic carbocycles. The van der Waals surface area contributed by atoms with Crippen LogP contribution in [0, 0.1) is 0 Å². The molecule has 0 spiro atoms. The van der Waals surface area contributed by atoms with E-state index in [0.717, 1.165) is 6.07 Å². The zero-order valence-corrected chi connectivity index (χ0v) is 12.6. The van der Waals surface area contributed by atoms with Crippen LogP contribution < -0.4 is 10.2 Å². The van der Waals surface area contributed by atoms with Crippen molar-refractivity contribution in [2.45, 2.75) is 0 Å². The van der Waals surface area contributed by atoms with Crippen molar-refractivity contribution in [2.75, 3.05) is 12.5 Å². The van der Waals surface area contributed by atoms with Crippen molar-refractivity contribution in [3.05, 3.63) is 35.4 Å². The van der Waals surface area contributed by atoms with Crippen LogP contribution in [0.25, 0.3) is 0 Å². The molecule has 1 aromatic rings. The minimum Gasteiger partial charge on any atom is -0.870 e. The first-order chi connectivity index (χ1) is 7.02. The Morgan fingerprint density at radius 2 is 1.35 bits per heavy atom. The molecule has 7 heteroatoms. The summed E-state index contributed by atoms with van der Waals surface area (Å²) in [6.45, 7) is 0. The largest absolute Gasteiger partial charge is 2.00 e. The first-order valence-corrected chi connectivity index (χ1v) is 5.82. The fraction of sp³-hybridized carbons (Fsp3) is 0.200. The topological polar surface area (TPSA) is 110 Å². The van der Waals surface area contributed by atoms with E-state index in [-0.39, 0.29) is 54.3 Å². The monoisotopic (exact) mass is 284 g/mol. The number of benzene rings is 1. The summed E-state index contributed by atoms with van der Waals surface area (Å²) in [7, 11) is 0. The second-order valence-corrected chi connectivity index (χ2v) is 3.50. The van der Waals surface area contributed by atoms with Crippen LogP contribution in [-0.2, 0) is 11.8 Å². The van der Waals surface area contributed by atoms with Gasteiger partial charge in [-0.15, -0.1) is 0 Å². The van der Waals surface area contributed by atoms with Crippen molar-refractivity contribution >= 4 is 61.4 Å². The van der Waals surface area contributed by atoms with Crippen LogP contribution in [0.1, 0.15) is 20.7 Å². The summed E-state index contributed by atoms with van der Waals surface area (Å²) in [5.74, 6) is -2.81. The first-order valence-electron chi connectivity index (χ1n) is 4.03. The molecule has 0 aromatic heterocycles. The minimum atomic E-state index is -1.40. The molecule has 0 fully saturated rings. The molecule has 0 atom stereocenters. The van der Waals surface area contributed by atoms with Crippen LogP contribution in [0.4, 0.5) is 0 Å². The van der Waals surface area contributed by atoms with E-state index in [0.29, 0.717) is 0 Å². The van der Waals surface area contributed by atoms with Crippen molar-refractivity contribution in [3.8, 4) is 0 Å². The van der Waals surface area contributed by atoms with Gasteiger partial charge in [-0.2, -0.15) is 0 Å². The van der Waals surface area contributed by atoms with E-state index >= 15 is 0 Å². The van der Waals surface area contributed by atoms with Gasteiger partial charge in [0.15, 0.2) is 0 Å². The van der Waals surface area contributed by atoms with Gasteiger partial charge in [-0.3, -0.25) is 0 Å². The number of carboxylic acids is 2. The fourth-order valence-electron chi connectivity index (χ4n) is 0.773. The third-order valence-corrected chi connectivity index (χ3v) is 1.33. The summed E-state index contributed by atoms with van der Waals surface area (Å²) >= 11 is 1.42. The molecule has 5 nitrogen and oxygen atoms in total. The van der Waals surface area contributed by atoms with E-state index in [1.165, 1.54) is 30.0 Å². The number of carboxylic acid groups (broad SMARTS) is 2. The van der Waals surface area contributed by atoms with E-state index in [9.17, 15) is 19.8 Å². The smallest absolute Gasteiger partial charge is 0.870 e. The number of aromatic carboxylic acids is 2. The first kappa shape index (κ1) is 22.0. The maximum absolute atomic E-state index is 10.3. The Hall–Kier alpha value is -0.270. The molecule has 0 aliphatic heterocycles. The summed E-state index contributed by atoms with van der Waals surface area (Å²) in [6.07, 6.45) is 4.19. The SMILES string of the molecule is C[SH+]C.O=C([O-])c1cccc(C(=O)[O-])c1.[Ca+2].[OH-]. The molecule has 0 radical (unpaired) electrons. The van der Waals surface area contributed by atoms with E-state index in [2.05, 4.69) is 12.5 Å². The zero-order chi connectivity index (χ0) is 11.8. The van der Waals surface area contributed by atoms with E-state index < -0.39 is 11.9 Å². The summed E-state index contributed by atoms with van der Waals surface area (Å²) in [5, 5.41) is 20.5. The average molecular weight is 284 g/mol. The number of thiol groups is 1. The Balaban J connectivity index is -0.000000356. The molecule has 0 amide bonds. The third kappa shape index (κ3) is 9.43. The molecule has 0 saturated carbocycles. The molecule has 1 N–H and O–H groups in total. The molecule has 1 rings (SSSR count). The zero-order valence-electron chi connectivity index (χ0n) is 9.54. The van der Waals surface area contributed by atoms with Gasteiger partial charge >= 0.3 is 37.7 Å². The maximum atomic E-state index is 10.3. The summed E-state index contributed by atoms with van der Waals surface area (Å²) in [6, 6.07) is 4.81. The molecule has 0 heterocycles. The Bertz CT molecular complexity index is 327. The van der Waals surface area contributed by atoms with Crippen molar-refractivity contribution in [2.24, 2.45) is 0 Å². The summed E-state index contributed by atoms with van der Waals surface area (Å²) in [4.78, 5) is 20.5. The minimum absolute atomic E-state index is 0. The third-order valence-electron chi connectivity index (χ3n) is 1.33. The van der Waals surface area contributed by atoms with Crippen LogP contribution in [0.3, 0.4) is 0 Å². The van der Waals surface area contributed by atoms with Crippen LogP contribution in [0.5, 0.6) is 0 Å². The van der Waals surface area contributed by atoms with Gasteiger partial charge in [0.25, 0.3) is 0 Å². The van der Waals surface area contributed by atoms with Crippen molar-refractivity contribution in [1.29, 1.82) is 0 Å². The number of carbonyl (C=O) groups is 2. The van der Waals surface area contributed by atoms with Crippen LogP contribution >= 0.6 is 0 Å².